The molecule has 27 heavy (non-hydrogen) atoms. The second-order valence-corrected chi connectivity index (χ2v) is 7.07. The molecular weight excluding hydrogens is 377 g/mol. The first-order chi connectivity index (χ1) is 13.1. The van der Waals surface area contributed by atoms with Gasteiger partial charge in [-0.15, -0.1) is 0 Å². The van der Waals surface area contributed by atoms with Crippen molar-refractivity contribution in [3.05, 3.63) is 45.7 Å². The number of thioether (sulfide) groups is 1. The topological polar surface area (TPSA) is 119 Å². The monoisotopic (exact) mass is 393 g/mol. The number of rotatable bonds is 7. The molecule has 1 aliphatic rings. The number of halogens is 1. The van der Waals surface area contributed by atoms with Crippen LogP contribution in [0.25, 0.3) is 11.5 Å². The Morgan fingerprint density at radius 2 is 2.30 bits per heavy atom. The van der Waals surface area contributed by atoms with E-state index in [9.17, 15) is 14.3 Å². The van der Waals surface area contributed by atoms with E-state index in [1.807, 2.05) is 6.26 Å². The fourth-order valence-electron chi connectivity index (χ4n) is 3.09. The molecule has 0 fully saturated rings. The van der Waals surface area contributed by atoms with Gasteiger partial charge in [0.25, 0.3) is 0 Å². The van der Waals surface area contributed by atoms with Crippen molar-refractivity contribution in [3.8, 4) is 11.5 Å². The van der Waals surface area contributed by atoms with Crippen molar-refractivity contribution in [2.45, 2.75) is 18.6 Å². The summed E-state index contributed by atoms with van der Waals surface area (Å²) in [6.07, 6.45) is 1.84. The third kappa shape index (κ3) is 3.23. The minimum atomic E-state index is -0.679. The number of nitrogens with one attached hydrogen (secondary N) is 1. The number of fused-ring (bicyclic) bond motifs is 1. The molecule has 0 aliphatic heterocycles. The van der Waals surface area contributed by atoms with Crippen LogP contribution < -0.4 is 11.1 Å². The highest BCUT2D eigenvalue weighted by Crippen LogP contribution is 2.38. The first-order valence-electron chi connectivity index (χ1n) is 8.18. The highest BCUT2D eigenvalue weighted by molar-refractivity contribution is 7.98. The Hall–Kier alpha value is -2.66. The van der Waals surface area contributed by atoms with Gasteiger partial charge in [0.15, 0.2) is 5.69 Å². The minimum Gasteiger partial charge on any atom is -0.390 e. The molecule has 0 spiro atoms. The maximum atomic E-state index is 13.6. The second-order valence-electron chi connectivity index (χ2n) is 6.16. The highest BCUT2D eigenvalue weighted by atomic mass is 32.2. The van der Waals surface area contributed by atoms with E-state index in [-0.39, 0.29) is 29.7 Å². The molecule has 3 aromatic rings. The molecule has 2 atom stereocenters. The number of nitrogens with zero attached hydrogens (tertiary/aromatic N) is 4. The number of benzene rings is 1. The zero-order chi connectivity index (χ0) is 19.0. The summed E-state index contributed by atoms with van der Waals surface area (Å²) in [5, 5.41) is 24.1. The summed E-state index contributed by atoms with van der Waals surface area (Å²) >= 11 is 1.51. The molecule has 2 unspecified atom stereocenters. The average molecular weight is 393 g/mol. The lowest BCUT2D eigenvalue weighted by Crippen LogP contribution is -2.31. The molecule has 2 N–H and O–H groups in total. The molecule has 0 bridgehead atoms. The Balaban J connectivity index is 1.64. The summed E-state index contributed by atoms with van der Waals surface area (Å²) in [5.74, 6) is -0.148. The van der Waals surface area contributed by atoms with E-state index in [2.05, 4.69) is 20.8 Å². The fourth-order valence-corrected chi connectivity index (χ4v) is 3.59. The molecule has 2 aromatic heterocycles. The lowest BCUT2D eigenvalue weighted by Gasteiger charge is -2.30. The third-order valence-corrected chi connectivity index (χ3v) is 5.11. The van der Waals surface area contributed by atoms with Gasteiger partial charge in [0.05, 0.1) is 12.1 Å². The Bertz CT molecular complexity index is 1020. The van der Waals surface area contributed by atoms with E-state index in [4.69, 9.17) is 9.15 Å². The number of hydrogen-bond donors (Lipinski definition) is 2. The van der Waals surface area contributed by atoms with Gasteiger partial charge in [0, 0.05) is 12.3 Å². The predicted molar refractivity (Wildman–Crippen MR) is 95.2 cm³/mol. The van der Waals surface area contributed by atoms with Crippen molar-refractivity contribution in [1.29, 1.82) is 0 Å². The van der Waals surface area contributed by atoms with Gasteiger partial charge in [0.1, 0.15) is 5.82 Å². The molecule has 0 saturated heterocycles. The number of aromatic nitrogens is 4. The Morgan fingerprint density at radius 3 is 3.11 bits per heavy atom. The molecule has 1 aromatic carbocycles. The van der Waals surface area contributed by atoms with Crippen LogP contribution in [0.1, 0.15) is 17.2 Å². The summed E-state index contributed by atoms with van der Waals surface area (Å²) < 4.78 is 24.5. The minimum absolute atomic E-state index is 0.128. The average Bonchev–Trinajstić information content (AvgIpc) is 3.23. The molecular formula is C16H16FN5O4S. The van der Waals surface area contributed by atoms with Crippen LogP contribution in [0, 0.1) is 5.82 Å². The molecule has 2 heterocycles. The van der Waals surface area contributed by atoms with E-state index in [1.165, 1.54) is 28.5 Å². The summed E-state index contributed by atoms with van der Waals surface area (Å²) in [6.45, 7) is 0.224. The van der Waals surface area contributed by atoms with Gasteiger partial charge in [-0.25, -0.2) is 18.4 Å². The van der Waals surface area contributed by atoms with Crippen LogP contribution >= 0.6 is 11.8 Å². The van der Waals surface area contributed by atoms with Crippen molar-refractivity contribution in [3.63, 3.8) is 0 Å². The normalized spacial score (nSPS) is 16.6. The summed E-state index contributed by atoms with van der Waals surface area (Å²) in [5.41, 5.74) is 1.84. The van der Waals surface area contributed by atoms with Crippen LogP contribution in [0.4, 0.5) is 10.2 Å². The van der Waals surface area contributed by atoms with E-state index >= 15 is 0 Å². The lowest BCUT2D eigenvalue weighted by atomic mass is 9.83. The van der Waals surface area contributed by atoms with Gasteiger partial charge in [-0.2, -0.15) is 11.8 Å². The van der Waals surface area contributed by atoms with E-state index in [0.717, 1.165) is 5.56 Å². The van der Waals surface area contributed by atoms with Crippen LogP contribution in [-0.4, -0.2) is 49.8 Å². The van der Waals surface area contributed by atoms with Crippen molar-refractivity contribution in [1.82, 2.24) is 20.0 Å². The molecule has 0 amide bonds. The molecule has 0 radical (unpaired) electrons. The van der Waals surface area contributed by atoms with Crippen molar-refractivity contribution < 1.29 is 18.6 Å². The molecule has 9 nitrogen and oxygen atoms in total. The Kier molecular flexibility index (Phi) is 4.70. The van der Waals surface area contributed by atoms with Crippen molar-refractivity contribution in [2.75, 3.05) is 23.9 Å². The maximum absolute atomic E-state index is 13.6. The predicted octanol–water partition coefficient (Wildman–Crippen LogP) is 1.31. The first kappa shape index (κ1) is 17.7. The fraction of sp³-hybridized carbons (Fsp3) is 0.375. The molecule has 11 heteroatoms. The van der Waals surface area contributed by atoms with Crippen LogP contribution in [-0.2, 0) is 6.42 Å². The van der Waals surface area contributed by atoms with E-state index in [1.54, 1.807) is 6.07 Å². The van der Waals surface area contributed by atoms with E-state index in [0.29, 0.717) is 17.7 Å². The third-order valence-electron chi connectivity index (χ3n) is 4.39. The van der Waals surface area contributed by atoms with Crippen molar-refractivity contribution in [2.24, 2.45) is 0 Å². The number of aliphatic hydroxyl groups is 1. The van der Waals surface area contributed by atoms with Crippen LogP contribution in [0.15, 0.2) is 32.1 Å². The van der Waals surface area contributed by atoms with Gasteiger partial charge >= 0.3 is 5.76 Å². The van der Waals surface area contributed by atoms with Crippen LogP contribution in [0.2, 0.25) is 0 Å². The van der Waals surface area contributed by atoms with Crippen LogP contribution in [0.5, 0.6) is 0 Å². The van der Waals surface area contributed by atoms with E-state index < -0.39 is 17.9 Å². The van der Waals surface area contributed by atoms with Gasteiger partial charge < -0.3 is 10.4 Å². The Labute approximate surface area is 156 Å². The van der Waals surface area contributed by atoms with Gasteiger partial charge in [-0.05, 0) is 46.2 Å². The van der Waals surface area contributed by atoms with Gasteiger partial charge in [-0.1, -0.05) is 11.2 Å². The van der Waals surface area contributed by atoms with Gasteiger partial charge in [0.2, 0.25) is 11.6 Å². The zero-order valence-corrected chi connectivity index (χ0v) is 15.1. The molecule has 142 valence electrons. The molecule has 1 aliphatic carbocycles. The first-order valence-corrected chi connectivity index (χ1v) is 9.58. The lowest BCUT2D eigenvalue weighted by molar-refractivity contribution is 0.212. The maximum Gasteiger partial charge on any atom is 0.442 e. The summed E-state index contributed by atoms with van der Waals surface area (Å²) in [6, 6.07) is 4.06. The quantitative estimate of drug-likeness (QED) is 0.612. The Morgan fingerprint density at radius 1 is 1.44 bits per heavy atom. The highest BCUT2D eigenvalue weighted by Gasteiger charge is 2.34. The standard InChI is InChI=1S/C16H16FN5O4S/c1-27-7-10(23)6-18-14-13(19-26-20-14)15-21-25-16(24)22(15)12-4-8-2-3-9(17)5-11(8)12/h2-3,5,10,12,23H,4,6-7H2,1H3,(H,18,20). The van der Waals surface area contributed by atoms with Crippen LogP contribution in [0.3, 0.4) is 0 Å². The summed E-state index contributed by atoms with van der Waals surface area (Å²) in [7, 11) is 0. The zero-order valence-electron chi connectivity index (χ0n) is 14.3. The largest absolute Gasteiger partial charge is 0.442 e. The SMILES string of the molecule is CSCC(O)CNc1nonc1-c1noc(=O)n1C1Cc2ccc(F)cc21. The second kappa shape index (κ2) is 7.16. The summed E-state index contributed by atoms with van der Waals surface area (Å²) in [4.78, 5) is 12.2. The van der Waals surface area contributed by atoms with Crippen molar-refractivity contribution >= 4 is 17.6 Å². The number of hydrogen-bond acceptors (Lipinski definition) is 9. The molecule has 0 saturated carbocycles. The number of aliphatic hydroxyl groups excluding tert-OH is 1. The van der Waals surface area contributed by atoms with Gasteiger partial charge in [-0.3, -0.25) is 4.52 Å². The number of anilines is 1. The molecule has 4 rings (SSSR count). The smallest absolute Gasteiger partial charge is 0.390 e.